The van der Waals surface area contributed by atoms with Crippen molar-refractivity contribution in [1.29, 1.82) is 0 Å². The number of aryl methyl sites for hydroxylation is 1. The molecule has 15 heavy (non-hydrogen) atoms. The van der Waals surface area contributed by atoms with Crippen LogP contribution in [-0.2, 0) is 11.3 Å². The highest BCUT2D eigenvalue weighted by Crippen LogP contribution is 2.60. The molecule has 1 saturated carbocycles. The number of hydrogen-bond donors (Lipinski definition) is 1. The fourth-order valence-corrected chi connectivity index (χ4v) is 2.48. The normalized spacial score (nSPS) is 27.6. The maximum absolute atomic E-state index is 10.9. The first-order valence-corrected chi connectivity index (χ1v) is 5.23. The first-order chi connectivity index (χ1) is 7.03. The molecule has 0 spiro atoms. The molecule has 2 atom stereocenters. The van der Waals surface area contributed by atoms with Crippen molar-refractivity contribution < 1.29 is 9.90 Å². The Kier molecular flexibility index (Phi) is 2.29. The molecule has 0 radical (unpaired) electrons. The largest absolute Gasteiger partial charge is 0.481 e. The quantitative estimate of drug-likeness (QED) is 0.818. The molecule has 82 valence electrons. The molecule has 1 heterocycles. The van der Waals surface area contributed by atoms with Crippen LogP contribution < -0.4 is 0 Å². The minimum absolute atomic E-state index is 0.0427. The highest BCUT2D eigenvalue weighted by molar-refractivity contribution is 5.75. The molecule has 1 fully saturated rings. The summed E-state index contributed by atoms with van der Waals surface area (Å²) in [5.74, 6) is -0.544. The summed E-state index contributed by atoms with van der Waals surface area (Å²) in [6.45, 7) is 4.87. The Morgan fingerprint density at radius 3 is 2.80 bits per heavy atom. The van der Waals surface area contributed by atoms with Crippen LogP contribution >= 0.6 is 0 Å². The van der Waals surface area contributed by atoms with Gasteiger partial charge in [0, 0.05) is 18.9 Å². The molecule has 0 aromatic carbocycles. The van der Waals surface area contributed by atoms with Crippen LogP contribution in [0.15, 0.2) is 18.5 Å². The van der Waals surface area contributed by atoms with Gasteiger partial charge in [0.15, 0.2) is 0 Å². The summed E-state index contributed by atoms with van der Waals surface area (Å²) in [5, 5.41) is 13.1. The predicted octanol–water partition coefficient (Wildman–Crippen LogP) is 1.63. The highest BCUT2D eigenvalue weighted by atomic mass is 16.4. The fourth-order valence-electron chi connectivity index (χ4n) is 2.48. The van der Waals surface area contributed by atoms with Gasteiger partial charge < -0.3 is 5.11 Å². The Bertz CT molecular complexity index is 357. The van der Waals surface area contributed by atoms with Gasteiger partial charge >= 0.3 is 5.97 Å². The molecule has 4 heteroatoms. The van der Waals surface area contributed by atoms with Gasteiger partial charge in [-0.05, 0) is 23.8 Å². The zero-order valence-electron chi connectivity index (χ0n) is 9.05. The smallest absolute Gasteiger partial charge is 0.307 e. The summed E-state index contributed by atoms with van der Waals surface area (Å²) in [6, 6.07) is 1.88. The number of hydrogen-bond acceptors (Lipinski definition) is 2. The molecule has 1 aliphatic rings. The summed E-state index contributed by atoms with van der Waals surface area (Å²) in [6.07, 6.45) is 4.55. The van der Waals surface area contributed by atoms with E-state index in [0.717, 1.165) is 13.0 Å². The number of carbonyl (C=O) groups is 1. The Morgan fingerprint density at radius 2 is 2.33 bits per heavy atom. The third kappa shape index (κ3) is 1.76. The Hall–Kier alpha value is -1.32. The van der Waals surface area contributed by atoms with Crippen molar-refractivity contribution in [2.45, 2.75) is 26.8 Å². The van der Waals surface area contributed by atoms with E-state index in [-0.39, 0.29) is 11.3 Å². The van der Waals surface area contributed by atoms with Gasteiger partial charge in [0.25, 0.3) is 0 Å². The third-order valence-corrected chi connectivity index (χ3v) is 3.54. The second-order valence-electron chi connectivity index (χ2n) is 4.80. The van der Waals surface area contributed by atoms with Crippen LogP contribution in [0.4, 0.5) is 0 Å². The van der Waals surface area contributed by atoms with Crippen LogP contribution in [-0.4, -0.2) is 20.9 Å². The standard InChI is InChI=1S/C11H16N2O2/c1-11(2)8(9(11)10(14)15)4-7-13-6-3-5-12-13/h3,5-6,8-9H,4,7H2,1-2H3,(H,14,15)/t8-,9+/m0/s1. The van der Waals surface area contributed by atoms with Gasteiger partial charge in [-0.2, -0.15) is 5.10 Å². The van der Waals surface area contributed by atoms with E-state index >= 15 is 0 Å². The number of carboxylic acid groups (broad SMARTS) is 1. The molecule has 4 nitrogen and oxygen atoms in total. The van der Waals surface area contributed by atoms with Crippen LogP contribution in [0.1, 0.15) is 20.3 Å². The van der Waals surface area contributed by atoms with Crippen LogP contribution in [0.3, 0.4) is 0 Å². The van der Waals surface area contributed by atoms with E-state index in [4.69, 9.17) is 5.11 Å². The van der Waals surface area contributed by atoms with Gasteiger partial charge in [0.05, 0.1) is 5.92 Å². The maximum Gasteiger partial charge on any atom is 0.307 e. The topological polar surface area (TPSA) is 55.1 Å². The minimum Gasteiger partial charge on any atom is -0.481 e. The van der Waals surface area contributed by atoms with Gasteiger partial charge in [-0.3, -0.25) is 9.48 Å². The molecule has 1 aliphatic carbocycles. The fraction of sp³-hybridized carbons (Fsp3) is 0.636. The first-order valence-electron chi connectivity index (χ1n) is 5.23. The van der Waals surface area contributed by atoms with Gasteiger partial charge in [0.2, 0.25) is 0 Å². The molecule has 0 unspecified atom stereocenters. The second kappa shape index (κ2) is 3.36. The number of aromatic nitrogens is 2. The van der Waals surface area contributed by atoms with E-state index in [1.165, 1.54) is 0 Å². The van der Waals surface area contributed by atoms with Crippen LogP contribution in [0.2, 0.25) is 0 Å². The van der Waals surface area contributed by atoms with Crippen LogP contribution in [0.25, 0.3) is 0 Å². The van der Waals surface area contributed by atoms with Crippen molar-refractivity contribution >= 4 is 5.97 Å². The molecule has 1 N–H and O–H groups in total. The van der Waals surface area contributed by atoms with E-state index in [1.54, 1.807) is 6.20 Å². The molecule has 0 saturated heterocycles. The second-order valence-corrected chi connectivity index (χ2v) is 4.80. The summed E-state index contributed by atoms with van der Waals surface area (Å²) in [7, 11) is 0. The van der Waals surface area contributed by atoms with Crippen molar-refractivity contribution in [1.82, 2.24) is 9.78 Å². The van der Waals surface area contributed by atoms with E-state index in [2.05, 4.69) is 5.10 Å². The minimum atomic E-state index is -0.662. The lowest BCUT2D eigenvalue weighted by Gasteiger charge is -2.02. The van der Waals surface area contributed by atoms with Crippen molar-refractivity contribution in [2.75, 3.05) is 0 Å². The number of carboxylic acids is 1. The van der Waals surface area contributed by atoms with Crippen molar-refractivity contribution in [3.63, 3.8) is 0 Å². The van der Waals surface area contributed by atoms with Crippen LogP contribution in [0.5, 0.6) is 0 Å². The summed E-state index contributed by atoms with van der Waals surface area (Å²) < 4.78 is 1.85. The molecule has 0 aliphatic heterocycles. The lowest BCUT2D eigenvalue weighted by Crippen LogP contribution is -2.03. The molecular weight excluding hydrogens is 192 g/mol. The Morgan fingerprint density at radius 1 is 1.60 bits per heavy atom. The predicted molar refractivity (Wildman–Crippen MR) is 55.2 cm³/mol. The number of aliphatic carboxylic acids is 1. The van der Waals surface area contributed by atoms with Crippen molar-refractivity contribution in [2.24, 2.45) is 17.3 Å². The zero-order valence-corrected chi connectivity index (χ0v) is 9.05. The van der Waals surface area contributed by atoms with Crippen molar-refractivity contribution in [3.05, 3.63) is 18.5 Å². The maximum atomic E-state index is 10.9. The summed E-state index contributed by atoms with van der Waals surface area (Å²) >= 11 is 0. The van der Waals surface area contributed by atoms with Crippen molar-refractivity contribution in [3.8, 4) is 0 Å². The molecule has 0 amide bonds. The van der Waals surface area contributed by atoms with Crippen LogP contribution in [0, 0.1) is 17.3 Å². The lowest BCUT2D eigenvalue weighted by atomic mass is 10.1. The zero-order chi connectivity index (χ0) is 11.1. The van der Waals surface area contributed by atoms with Gasteiger partial charge in [-0.1, -0.05) is 13.8 Å². The monoisotopic (exact) mass is 208 g/mol. The average molecular weight is 208 g/mol. The first kappa shape index (κ1) is 10.2. The third-order valence-electron chi connectivity index (χ3n) is 3.54. The van der Waals surface area contributed by atoms with Gasteiger partial charge in [0.1, 0.15) is 0 Å². The van der Waals surface area contributed by atoms with E-state index in [1.807, 2.05) is 30.8 Å². The molecule has 2 rings (SSSR count). The van der Waals surface area contributed by atoms with Gasteiger partial charge in [-0.15, -0.1) is 0 Å². The SMILES string of the molecule is CC1(C)[C@@H](CCn2cccn2)[C@@H]1C(=O)O. The van der Waals surface area contributed by atoms with E-state index < -0.39 is 5.97 Å². The molecule has 1 aromatic rings. The molecular formula is C11H16N2O2. The van der Waals surface area contributed by atoms with Gasteiger partial charge in [-0.25, -0.2) is 0 Å². The number of nitrogens with zero attached hydrogens (tertiary/aromatic N) is 2. The summed E-state index contributed by atoms with van der Waals surface area (Å²) in [4.78, 5) is 10.9. The average Bonchev–Trinajstić information content (AvgIpc) is 2.55. The molecule has 1 aromatic heterocycles. The van der Waals surface area contributed by atoms with E-state index in [9.17, 15) is 4.79 Å². The highest BCUT2D eigenvalue weighted by Gasteiger charge is 2.61. The molecule has 0 bridgehead atoms. The summed E-state index contributed by atoms with van der Waals surface area (Å²) in [5.41, 5.74) is -0.0427. The lowest BCUT2D eigenvalue weighted by molar-refractivity contribution is -0.139. The van der Waals surface area contributed by atoms with E-state index in [0.29, 0.717) is 5.92 Å². The Balaban J connectivity index is 1.90. The Labute approximate surface area is 88.9 Å². The number of rotatable bonds is 4.